The van der Waals surface area contributed by atoms with E-state index in [1.165, 1.54) is 17.1 Å². The van der Waals surface area contributed by atoms with Gasteiger partial charge in [-0.25, -0.2) is 4.79 Å². The lowest BCUT2D eigenvalue weighted by Crippen LogP contribution is -2.32. The molecule has 112 valence electrons. The molecule has 2 aromatic rings. The molecule has 0 fully saturated rings. The summed E-state index contributed by atoms with van der Waals surface area (Å²) in [6.45, 7) is 2.92. The maximum atomic E-state index is 11.9. The first kappa shape index (κ1) is 14.8. The van der Waals surface area contributed by atoms with E-state index in [9.17, 15) is 9.59 Å². The summed E-state index contributed by atoms with van der Waals surface area (Å²) in [5.74, 6) is -1.26. The van der Waals surface area contributed by atoms with Gasteiger partial charge in [0.2, 0.25) is 5.91 Å². The highest BCUT2D eigenvalue weighted by Gasteiger charge is 2.16. The fourth-order valence-electron chi connectivity index (χ4n) is 1.81. The Morgan fingerprint density at radius 1 is 1.43 bits per heavy atom. The van der Waals surface area contributed by atoms with Gasteiger partial charge in [-0.15, -0.1) is 0 Å². The fourth-order valence-corrected chi connectivity index (χ4v) is 1.81. The second-order valence-corrected chi connectivity index (χ2v) is 4.60. The van der Waals surface area contributed by atoms with Gasteiger partial charge in [-0.2, -0.15) is 10.2 Å². The summed E-state index contributed by atoms with van der Waals surface area (Å²) in [4.78, 5) is 22.7. The van der Waals surface area contributed by atoms with E-state index in [2.05, 4.69) is 15.5 Å². The van der Waals surface area contributed by atoms with E-state index in [1.54, 1.807) is 17.8 Å². The first-order valence-electron chi connectivity index (χ1n) is 6.60. The maximum Gasteiger partial charge on any atom is 0.338 e. The van der Waals surface area contributed by atoms with Gasteiger partial charge < -0.3 is 10.4 Å². The highest BCUT2D eigenvalue weighted by Crippen LogP contribution is 2.06. The van der Waals surface area contributed by atoms with E-state index in [4.69, 9.17) is 5.11 Å². The number of aromatic nitrogens is 4. The van der Waals surface area contributed by atoms with Gasteiger partial charge >= 0.3 is 5.97 Å². The second-order valence-electron chi connectivity index (χ2n) is 4.60. The molecule has 21 heavy (non-hydrogen) atoms. The largest absolute Gasteiger partial charge is 0.478 e. The van der Waals surface area contributed by atoms with Crippen LogP contribution in [0.15, 0.2) is 30.9 Å². The molecule has 0 radical (unpaired) electrons. The first-order valence-corrected chi connectivity index (χ1v) is 6.60. The third-order valence-electron chi connectivity index (χ3n) is 3.05. The predicted octanol–water partition coefficient (Wildman–Crippen LogP) is 0.545. The minimum atomic E-state index is -1.06. The number of aromatic carboxylic acids is 1. The monoisotopic (exact) mass is 291 g/mol. The molecular formula is C13H17N5O3. The molecule has 8 heteroatoms. The van der Waals surface area contributed by atoms with E-state index in [0.717, 1.165) is 13.0 Å². The summed E-state index contributed by atoms with van der Waals surface area (Å²) in [5.41, 5.74) is 0.0633. The average Bonchev–Trinajstić information content (AvgIpc) is 3.13. The van der Waals surface area contributed by atoms with E-state index in [1.807, 2.05) is 12.3 Å². The first-order chi connectivity index (χ1) is 10.1. The molecule has 2 heterocycles. The van der Waals surface area contributed by atoms with Crippen molar-refractivity contribution in [2.75, 3.05) is 6.54 Å². The van der Waals surface area contributed by atoms with E-state index >= 15 is 0 Å². The van der Waals surface area contributed by atoms with Crippen LogP contribution in [-0.4, -0.2) is 43.1 Å². The molecule has 2 N–H and O–H groups in total. The zero-order valence-electron chi connectivity index (χ0n) is 11.6. The number of rotatable bonds is 7. The quantitative estimate of drug-likeness (QED) is 0.725. The van der Waals surface area contributed by atoms with Crippen LogP contribution in [0.5, 0.6) is 0 Å². The predicted molar refractivity (Wildman–Crippen MR) is 73.8 cm³/mol. The van der Waals surface area contributed by atoms with Crippen molar-refractivity contribution in [2.24, 2.45) is 0 Å². The smallest absolute Gasteiger partial charge is 0.338 e. The maximum absolute atomic E-state index is 11.9. The van der Waals surface area contributed by atoms with Crippen LogP contribution in [-0.2, 0) is 11.3 Å². The molecular weight excluding hydrogens is 274 g/mol. The van der Waals surface area contributed by atoms with Crippen molar-refractivity contribution in [3.8, 4) is 0 Å². The van der Waals surface area contributed by atoms with Gasteiger partial charge in [-0.1, -0.05) is 0 Å². The Morgan fingerprint density at radius 3 is 2.86 bits per heavy atom. The molecule has 2 rings (SSSR count). The van der Waals surface area contributed by atoms with Crippen LogP contribution in [0.4, 0.5) is 0 Å². The number of amides is 1. The lowest BCUT2D eigenvalue weighted by molar-refractivity contribution is -0.124. The zero-order chi connectivity index (χ0) is 15.2. The topological polar surface area (TPSA) is 102 Å². The molecule has 0 bridgehead atoms. The number of carboxylic acids is 1. The van der Waals surface area contributed by atoms with Gasteiger partial charge in [-0.3, -0.25) is 14.2 Å². The van der Waals surface area contributed by atoms with Crippen molar-refractivity contribution in [1.29, 1.82) is 0 Å². The second kappa shape index (κ2) is 6.69. The average molecular weight is 291 g/mol. The SMILES string of the molecule is CC(C(=O)NCCCn1cccn1)n1cc(C(=O)O)cn1. The van der Waals surface area contributed by atoms with Crippen molar-refractivity contribution in [2.45, 2.75) is 25.9 Å². The molecule has 8 nitrogen and oxygen atoms in total. The summed E-state index contributed by atoms with van der Waals surface area (Å²) in [7, 11) is 0. The summed E-state index contributed by atoms with van der Waals surface area (Å²) in [5, 5.41) is 19.6. The molecule has 0 aliphatic rings. The van der Waals surface area contributed by atoms with Crippen LogP contribution >= 0.6 is 0 Å². The van der Waals surface area contributed by atoms with Gasteiger partial charge in [0.05, 0.1) is 11.8 Å². The highest BCUT2D eigenvalue weighted by molar-refractivity contribution is 5.87. The van der Waals surface area contributed by atoms with Crippen LogP contribution in [0.3, 0.4) is 0 Å². The third-order valence-corrected chi connectivity index (χ3v) is 3.05. The van der Waals surface area contributed by atoms with Gasteiger partial charge in [0.15, 0.2) is 0 Å². The normalized spacial score (nSPS) is 12.0. The van der Waals surface area contributed by atoms with Crippen LogP contribution in [0.2, 0.25) is 0 Å². The van der Waals surface area contributed by atoms with Crippen molar-refractivity contribution >= 4 is 11.9 Å². The van der Waals surface area contributed by atoms with Crippen LogP contribution in [0.25, 0.3) is 0 Å². The molecule has 1 unspecified atom stereocenters. The third kappa shape index (κ3) is 3.91. The van der Waals surface area contributed by atoms with Crippen LogP contribution in [0, 0.1) is 0 Å². The fraction of sp³-hybridized carbons (Fsp3) is 0.385. The van der Waals surface area contributed by atoms with Gasteiger partial charge in [0, 0.05) is 31.7 Å². The molecule has 0 aliphatic heterocycles. The molecule has 2 aromatic heterocycles. The number of hydrogen-bond acceptors (Lipinski definition) is 4. The van der Waals surface area contributed by atoms with Crippen LogP contribution in [0.1, 0.15) is 29.7 Å². The Morgan fingerprint density at radius 2 is 2.24 bits per heavy atom. The van der Waals surface area contributed by atoms with Crippen molar-refractivity contribution in [3.05, 3.63) is 36.4 Å². The molecule has 0 saturated carbocycles. The molecule has 0 spiro atoms. The standard InChI is InChI=1S/C13H17N5O3/c1-10(18-9-11(8-16-18)13(20)21)12(19)14-4-2-6-17-7-3-5-15-17/h3,5,7-10H,2,4,6H2,1H3,(H,14,19)(H,20,21). The molecule has 1 amide bonds. The Labute approximate surface area is 121 Å². The minimum Gasteiger partial charge on any atom is -0.478 e. The van der Waals surface area contributed by atoms with Gasteiger partial charge in [0.25, 0.3) is 0 Å². The molecule has 1 atom stereocenters. The summed E-state index contributed by atoms with van der Waals surface area (Å²) in [6, 6.07) is 1.29. The molecule has 0 aliphatic carbocycles. The van der Waals surface area contributed by atoms with Gasteiger partial charge in [-0.05, 0) is 19.4 Å². The number of carbonyl (C=O) groups excluding carboxylic acids is 1. The van der Waals surface area contributed by atoms with Crippen molar-refractivity contribution in [1.82, 2.24) is 24.9 Å². The number of aryl methyl sites for hydroxylation is 1. The summed E-state index contributed by atoms with van der Waals surface area (Å²) >= 11 is 0. The summed E-state index contributed by atoms with van der Waals surface area (Å²) in [6.07, 6.45) is 6.90. The van der Waals surface area contributed by atoms with E-state index < -0.39 is 12.0 Å². The Bertz CT molecular complexity index is 605. The highest BCUT2D eigenvalue weighted by atomic mass is 16.4. The summed E-state index contributed by atoms with van der Waals surface area (Å²) < 4.78 is 3.13. The number of nitrogens with zero attached hydrogens (tertiary/aromatic N) is 4. The Kier molecular flexibility index (Phi) is 4.70. The lowest BCUT2D eigenvalue weighted by Gasteiger charge is -2.12. The van der Waals surface area contributed by atoms with Crippen LogP contribution < -0.4 is 5.32 Å². The Hall–Kier alpha value is -2.64. The molecule has 0 saturated heterocycles. The molecule has 0 aromatic carbocycles. The Balaban J connectivity index is 1.77. The van der Waals surface area contributed by atoms with Crippen molar-refractivity contribution in [3.63, 3.8) is 0 Å². The number of carboxylic acid groups (broad SMARTS) is 1. The van der Waals surface area contributed by atoms with E-state index in [0.29, 0.717) is 6.54 Å². The van der Waals surface area contributed by atoms with E-state index in [-0.39, 0.29) is 11.5 Å². The van der Waals surface area contributed by atoms with Crippen molar-refractivity contribution < 1.29 is 14.7 Å². The van der Waals surface area contributed by atoms with Gasteiger partial charge in [0.1, 0.15) is 6.04 Å². The number of carbonyl (C=O) groups is 2. The minimum absolute atomic E-state index is 0.0633. The lowest BCUT2D eigenvalue weighted by atomic mass is 10.3. The zero-order valence-corrected chi connectivity index (χ0v) is 11.6. The number of hydrogen-bond donors (Lipinski definition) is 2. The number of nitrogens with one attached hydrogen (secondary N) is 1.